The minimum absolute atomic E-state index is 0.164. The molecule has 0 atom stereocenters. The lowest BCUT2D eigenvalue weighted by molar-refractivity contribution is 0.0696. The molecule has 0 bridgehead atoms. The first-order valence-electron chi connectivity index (χ1n) is 7.85. The number of carboxylic acid groups (broad SMARTS) is 1. The molecule has 24 heavy (non-hydrogen) atoms. The van der Waals surface area contributed by atoms with Gasteiger partial charge in [-0.25, -0.2) is 4.79 Å². The van der Waals surface area contributed by atoms with E-state index < -0.39 is 5.97 Å². The van der Waals surface area contributed by atoms with Crippen LogP contribution >= 0.6 is 0 Å². The molecule has 1 N–H and O–H groups in total. The van der Waals surface area contributed by atoms with Crippen molar-refractivity contribution in [1.82, 2.24) is 0 Å². The van der Waals surface area contributed by atoms with Gasteiger partial charge < -0.3 is 19.3 Å². The second-order valence-corrected chi connectivity index (χ2v) is 5.32. The predicted octanol–water partition coefficient (Wildman–Crippen LogP) is 3.86. The normalized spacial score (nSPS) is 10.3. The number of hydrogen-bond donors (Lipinski definition) is 1. The van der Waals surface area contributed by atoms with Crippen LogP contribution in [0, 0.1) is 13.8 Å². The summed E-state index contributed by atoms with van der Waals surface area (Å²) in [7, 11) is 0. The van der Waals surface area contributed by atoms with Crippen molar-refractivity contribution < 1.29 is 24.1 Å². The van der Waals surface area contributed by atoms with Gasteiger partial charge in [0.05, 0.1) is 12.2 Å². The molecule has 0 aromatic heterocycles. The Bertz CT molecular complexity index is 689. The lowest BCUT2D eigenvalue weighted by atomic mass is 10.1. The van der Waals surface area contributed by atoms with Crippen LogP contribution in [-0.4, -0.2) is 30.9 Å². The van der Waals surface area contributed by atoms with E-state index in [9.17, 15) is 4.79 Å². The van der Waals surface area contributed by atoms with Crippen molar-refractivity contribution >= 4 is 5.97 Å². The summed E-state index contributed by atoms with van der Waals surface area (Å²) in [6.45, 7) is 6.99. The van der Waals surface area contributed by atoms with Crippen LogP contribution in [-0.2, 0) is 0 Å². The first-order valence-corrected chi connectivity index (χ1v) is 7.85. The number of ether oxygens (including phenoxy) is 3. The van der Waals surface area contributed by atoms with Crippen LogP contribution in [0.2, 0.25) is 0 Å². The van der Waals surface area contributed by atoms with E-state index in [4.69, 9.17) is 19.3 Å². The zero-order valence-electron chi connectivity index (χ0n) is 14.2. The molecular formula is C19H22O5. The van der Waals surface area contributed by atoms with E-state index in [1.165, 1.54) is 12.1 Å². The first kappa shape index (κ1) is 17.7. The van der Waals surface area contributed by atoms with Crippen LogP contribution in [0.5, 0.6) is 17.2 Å². The summed E-state index contributed by atoms with van der Waals surface area (Å²) < 4.78 is 16.9. The van der Waals surface area contributed by atoms with Crippen LogP contribution in [0.4, 0.5) is 0 Å². The van der Waals surface area contributed by atoms with Gasteiger partial charge >= 0.3 is 5.97 Å². The van der Waals surface area contributed by atoms with Crippen molar-refractivity contribution in [3.8, 4) is 17.2 Å². The first-order chi connectivity index (χ1) is 11.5. The van der Waals surface area contributed by atoms with E-state index in [1.807, 2.05) is 39.0 Å². The molecule has 5 nitrogen and oxygen atoms in total. The number of rotatable bonds is 8. The maximum Gasteiger partial charge on any atom is 0.335 e. The largest absolute Gasteiger partial charge is 0.490 e. The molecule has 0 radical (unpaired) electrons. The van der Waals surface area contributed by atoms with Gasteiger partial charge in [-0.15, -0.1) is 0 Å². The smallest absolute Gasteiger partial charge is 0.335 e. The van der Waals surface area contributed by atoms with Crippen LogP contribution in [0.15, 0.2) is 36.4 Å². The van der Waals surface area contributed by atoms with E-state index in [1.54, 1.807) is 6.07 Å². The second kappa shape index (κ2) is 8.24. The number of hydrogen-bond acceptors (Lipinski definition) is 4. The van der Waals surface area contributed by atoms with Crippen molar-refractivity contribution in [3.05, 3.63) is 53.1 Å². The number of carboxylic acids is 1. The summed E-state index contributed by atoms with van der Waals surface area (Å²) in [6, 6.07) is 10.6. The lowest BCUT2D eigenvalue weighted by Crippen LogP contribution is -2.11. The molecule has 0 saturated heterocycles. The topological polar surface area (TPSA) is 65.0 Å². The van der Waals surface area contributed by atoms with Crippen LogP contribution < -0.4 is 14.2 Å². The zero-order valence-corrected chi connectivity index (χ0v) is 14.2. The third-order valence-electron chi connectivity index (χ3n) is 3.49. The van der Waals surface area contributed by atoms with Gasteiger partial charge in [0.25, 0.3) is 0 Å². The molecule has 0 fully saturated rings. The Hall–Kier alpha value is -2.69. The Morgan fingerprint density at radius 2 is 1.62 bits per heavy atom. The average molecular weight is 330 g/mol. The maximum atomic E-state index is 11.0. The highest BCUT2D eigenvalue weighted by atomic mass is 16.5. The average Bonchev–Trinajstić information content (AvgIpc) is 2.55. The molecule has 0 unspecified atom stereocenters. The summed E-state index contributed by atoms with van der Waals surface area (Å²) in [5, 5.41) is 9.04. The summed E-state index contributed by atoms with van der Waals surface area (Å²) in [5.74, 6) is 0.796. The SMILES string of the molecule is CCOc1cc(C(=O)O)ccc1OCCOc1c(C)cccc1C. The fourth-order valence-corrected chi connectivity index (χ4v) is 2.35. The Labute approximate surface area is 141 Å². The van der Waals surface area contributed by atoms with E-state index in [2.05, 4.69) is 0 Å². The molecule has 0 heterocycles. The van der Waals surface area contributed by atoms with Crippen molar-refractivity contribution in [3.63, 3.8) is 0 Å². The Balaban J connectivity index is 1.97. The molecule has 0 aliphatic carbocycles. The third kappa shape index (κ3) is 4.41. The molecule has 2 rings (SSSR count). The zero-order chi connectivity index (χ0) is 17.5. The van der Waals surface area contributed by atoms with Gasteiger partial charge in [0.1, 0.15) is 19.0 Å². The number of aryl methyl sites for hydroxylation is 2. The van der Waals surface area contributed by atoms with Gasteiger partial charge in [-0.1, -0.05) is 18.2 Å². The van der Waals surface area contributed by atoms with Gasteiger partial charge in [-0.2, -0.15) is 0 Å². The van der Waals surface area contributed by atoms with Gasteiger partial charge in [-0.3, -0.25) is 0 Å². The van der Waals surface area contributed by atoms with Crippen LogP contribution in [0.3, 0.4) is 0 Å². The Morgan fingerprint density at radius 1 is 0.958 bits per heavy atom. The highest BCUT2D eigenvalue weighted by Crippen LogP contribution is 2.29. The standard InChI is InChI=1S/C19H22O5/c1-4-22-17-12-15(19(20)21)8-9-16(17)23-10-11-24-18-13(2)6-5-7-14(18)3/h5-9,12H,4,10-11H2,1-3H3,(H,20,21). The predicted molar refractivity (Wildman–Crippen MR) is 91.5 cm³/mol. The van der Waals surface area contributed by atoms with E-state index in [0.29, 0.717) is 31.3 Å². The highest BCUT2D eigenvalue weighted by Gasteiger charge is 2.11. The summed E-state index contributed by atoms with van der Waals surface area (Å²) in [4.78, 5) is 11.0. The quantitative estimate of drug-likeness (QED) is 0.745. The van der Waals surface area contributed by atoms with Gasteiger partial charge in [0.15, 0.2) is 11.5 Å². The second-order valence-electron chi connectivity index (χ2n) is 5.32. The minimum atomic E-state index is -0.999. The maximum absolute atomic E-state index is 11.0. The van der Waals surface area contributed by atoms with Crippen LogP contribution in [0.1, 0.15) is 28.4 Å². The highest BCUT2D eigenvalue weighted by molar-refractivity contribution is 5.88. The van der Waals surface area contributed by atoms with Gasteiger partial charge in [0.2, 0.25) is 0 Å². The van der Waals surface area contributed by atoms with E-state index >= 15 is 0 Å². The van der Waals surface area contributed by atoms with Crippen LogP contribution in [0.25, 0.3) is 0 Å². The fraction of sp³-hybridized carbons (Fsp3) is 0.316. The van der Waals surface area contributed by atoms with Crippen molar-refractivity contribution in [2.45, 2.75) is 20.8 Å². The molecule has 2 aromatic carbocycles. The summed E-state index contributed by atoms with van der Waals surface area (Å²) in [6.07, 6.45) is 0. The molecule has 0 spiro atoms. The Kier molecular flexibility index (Phi) is 6.07. The molecule has 2 aromatic rings. The molecule has 0 aliphatic rings. The molecule has 0 aliphatic heterocycles. The minimum Gasteiger partial charge on any atom is -0.490 e. The van der Waals surface area contributed by atoms with E-state index in [0.717, 1.165) is 16.9 Å². The van der Waals surface area contributed by atoms with E-state index in [-0.39, 0.29) is 5.56 Å². The molecule has 5 heteroatoms. The molecule has 0 amide bonds. The molecular weight excluding hydrogens is 308 g/mol. The summed E-state index contributed by atoms with van der Waals surface area (Å²) in [5.41, 5.74) is 2.32. The number of para-hydroxylation sites is 1. The monoisotopic (exact) mass is 330 g/mol. The van der Waals surface area contributed by atoms with Gasteiger partial charge in [0, 0.05) is 0 Å². The number of carbonyl (C=O) groups is 1. The van der Waals surface area contributed by atoms with Gasteiger partial charge in [-0.05, 0) is 50.1 Å². The lowest BCUT2D eigenvalue weighted by Gasteiger charge is -2.14. The Morgan fingerprint density at radius 3 is 2.25 bits per heavy atom. The fourth-order valence-electron chi connectivity index (χ4n) is 2.35. The third-order valence-corrected chi connectivity index (χ3v) is 3.49. The molecule has 128 valence electrons. The van der Waals surface area contributed by atoms with Crippen molar-refractivity contribution in [2.24, 2.45) is 0 Å². The van der Waals surface area contributed by atoms with Crippen molar-refractivity contribution in [2.75, 3.05) is 19.8 Å². The molecule has 0 saturated carbocycles. The summed E-state index contributed by atoms with van der Waals surface area (Å²) >= 11 is 0. The van der Waals surface area contributed by atoms with Crippen molar-refractivity contribution in [1.29, 1.82) is 0 Å². The number of aromatic carboxylic acids is 1. The number of benzene rings is 2.